The summed E-state index contributed by atoms with van der Waals surface area (Å²) in [6.45, 7) is 1.71. The first-order chi connectivity index (χ1) is 3.31. The molecule has 42 valence electrons. The van der Waals surface area contributed by atoms with Crippen LogP contribution >= 0.6 is 0 Å². The molecule has 0 aromatic heterocycles. The van der Waals surface area contributed by atoms with E-state index in [1.165, 1.54) is 6.08 Å². The molecule has 0 aliphatic heterocycles. The molecule has 3 nitrogen and oxygen atoms in total. The van der Waals surface area contributed by atoms with E-state index in [0.29, 0.717) is 0 Å². The average Bonchev–Trinajstić information content (AvgIpc) is 1.68. The molecule has 0 rings (SSSR count). The summed E-state index contributed by atoms with van der Waals surface area (Å²) in [4.78, 5) is 13.7. The Labute approximate surface area is 70.1 Å². The van der Waals surface area contributed by atoms with Crippen LogP contribution in [-0.4, -0.2) is 35.5 Å². The molecule has 0 heterocycles. The minimum atomic E-state index is -0.525. The molecular weight excluding hydrogens is 117 g/mol. The van der Waals surface area contributed by atoms with E-state index >= 15 is 0 Å². The first-order valence-electron chi connectivity index (χ1n) is 1.84. The average molecular weight is 125 g/mol. The third-order valence-electron chi connectivity index (χ3n) is 0.419. The molecule has 0 aliphatic rings. The van der Waals surface area contributed by atoms with Gasteiger partial charge >= 0.3 is 35.5 Å². The van der Waals surface area contributed by atoms with Crippen molar-refractivity contribution >= 4 is 35.5 Å². The van der Waals surface area contributed by atoms with Crippen molar-refractivity contribution in [3.05, 3.63) is 12.2 Å². The Morgan fingerprint density at radius 2 is 2.25 bits per heavy atom. The Morgan fingerprint density at radius 1 is 1.75 bits per heavy atom. The third kappa shape index (κ3) is 6.17. The second kappa shape index (κ2) is 7.17. The molecule has 0 unspecified atom stereocenters. The van der Waals surface area contributed by atoms with Crippen LogP contribution in [0.4, 0.5) is 0 Å². The number of nitrogens with two attached hydrogens (primary N) is 1. The molecule has 0 bridgehead atoms. The molecule has 0 amide bonds. The van der Waals surface area contributed by atoms with Crippen molar-refractivity contribution < 1.29 is 9.63 Å². The van der Waals surface area contributed by atoms with E-state index in [4.69, 9.17) is 0 Å². The summed E-state index contributed by atoms with van der Waals surface area (Å²) in [5.41, 5.74) is 0. The molecular formula is C4H8NNaO2. The molecule has 2 N–H and O–H groups in total. The van der Waals surface area contributed by atoms with Gasteiger partial charge in [-0.25, -0.2) is 4.79 Å². The molecule has 0 radical (unpaired) electrons. The maximum atomic E-state index is 9.98. The SMILES string of the molecule is CC=CC(=O)ON.[NaH]. The second-order valence-corrected chi connectivity index (χ2v) is 0.937. The van der Waals surface area contributed by atoms with Crippen LogP contribution in [0.3, 0.4) is 0 Å². The van der Waals surface area contributed by atoms with Crippen molar-refractivity contribution in [2.45, 2.75) is 6.92 Å². The molecule has 0 fully saturated rings. The van der Waals surface area contributed by atoms with Crippen molar-refractivity contribution in [1.29, 1.82) is 0 Å². The fraction of sp³-hybridized carbons (Fsp3) is 0.250. The number of hydrogen-bond acceptors (Lipinski definition) is 3. The van der Waals surface area contributed by atoms with Gasteiger partial charge in [-0.2, -0.15) is 5.90 Å². The van der Waals surface area contributed by atoms with E-state index in [2.05, 4.69) is 10.7 Å². The zero-order valence-electron chi connectivity index (χ0n) is 4.05. The van der Waals surface area contributed by atoms with Gasteiger partial charge in [0.05, 0.1) is 0 Å². The van der Waals surface area contributed by atoms with Gasteiger partial charge in [-0.05, 0) is 6.92 Å². The number of hydrogen-bond donors (Lipinski definition) is 1. The summed E-state index contributed by atoms with van der Waals surface area (Å²) in [5, 5.41) is 0. The fourth-order valence-electron chi connectivity index (χ4n) is 0.175. The number of allylic oxidation sites excluding steroid dienone is 1. The van der Waals surface area contributed by atoms with Crippen molar-refractivity contribution in [1.82, 2.24) is 0 Å². The fourth-order valence-corrected chi connectivity index (χ4v) is 0.175. The zero-order valence-corrected chi connectivity index (χ0v) is 4.05. The summed E-state index contributed by atoms with van der Waals surface area (Å²) < 4.78 is 0. The van der Waals surface area contributed by atoms with Crippen molar-refractivity contribution in [3.63, 3.8) is 0 Å². The van der Waals surface area contributed by atoms with Crippen LogP contribution in [0.25, 0.3) is 0 Å². The van der Waals surface area contributed by atoms with E-state index in [9.17, 15) is 4.79 Å². The van der Waals surface area contributed by atoms with Gasteiger partial charge in [0.1, 0.15) is 0 Å². The predicted molar refractivity (Wildman–Crippen MR) is 32.2 cm³/mol. The number of rotatable bonds is 1. The van der Waals surface area contributed by atoms with E-state index < -0.39 is 5.97 Å². The van der Waals surface area contributed by atoms with Gasteiger partial charge in [0, 0.05) is 6.08 Å². The topological polar surface area (TPSA) is 52.3 Å². The molecule has 0 saturated carbocycles. The van der Waals surface area contributed by atoms with Crippen LogP contribution in [0, 0.1) is 0 Å². The van der Waals surface area contributed by atoms with Crippen molar-refractivity contribution in [3.8, 4) is 0 Å². The van der Waals surface area contributed by atoms with E-state index in [0.717, 1.165) is 0 Å². The van der Waals surface area contributed by atoms with Crippen LogP contribution in [0.2, 0.25) is 0 Å². The summed E-state index contributed by atoms with van der Waals surface area (Å²) in [6.07, 6.45) is 2.79. The van der Waals surface area contributed by atoms with Gasteiger partial charge in [0.25, 0.3) is 0 Å². The van der Waals surface area contributed by atoms with Gasteiger partial charge in [0.15, 0.2) is 0 Å². The molecule has 4 heteroatoms. The number of carbonyl (C=O) groups is 1. The van der Waals surface area contributed by atoms with E-state index in [1.807, 2.05) is 0 Å². The maximum absolute atomic E-state index is 9.98. The van der Waals surface area contributed by atoms with E-state index in [1.54, 1.807) is 13.0 Å². The summed E-state index contributed by atoms with van der Waals surface area (Å²) in [7, 11) is 0. The van der Waals surface area contributed by atoms with Gasteiger partial charge in [-0.15, -0.1) is 0 Å². The Bertz CT molecular complexity index is 92.0. The van der Waals surface area contributed by atoms with Crippen LogP contribution < -0.4 is 5.90 Å². The van der Waals surface area contributed by atoms with Gasteiger partial charge < -0.3 is 4.84 Å². The van der Waals surface area contributed by atoms with Crippen molar-refractivity contribution in [2.75, 3.05) is 0 Å². The predicted octanol–water partition coefficient (Wildman–Crippen LogP) is -0.669. The summed E-state index contributed by atoms with van der Waals surface area (Å²) >= 11 is 0. The minimum absolute atomic E-state index is 0. The Balaban J connectivity index is 0. The van der Waals surface area contributed by atoms with Crippen LogP contribution in [0.1, 0.15) is 6.92 Å². The molecule has 0 saturated heterocycles. The Kier molecular flexibility index (Phi) is 9.89. The Hall–Kier alpha value is 0.170. The van der Waals surface area contributed by atoms with Gasteiger partial charge in [0.2, 0.25) is 0 Å². The van der Waals surface area contributed by atoms with Crippen LogP contribution in [0.5, 0.6) is 0 Å². The van der Waals surface area contributed by atoms with Gasteiger partial charge in [-0.3, -0.25) is 0 Å². The monoisotopic (exact) mass is 125 g/mol. The van der Waals surface area contributed by atoms with Crippen molar-refractivity contribution in [2.24, 2.45) is 5.90 Å². The quantitative estimate of drug-likeness (QED) is 0.287. The van der Waals surface area contributed by atoms with Gasteiger partial charge in [-0.1, -0.05) is 6.08 Å². The summed E-state index contributed by atoms with van der Waals surface area (Å²) in [6, 6.07) is 0. The normalized spacial score (nSPS) is 8.25. The zero-order chi connectivity index (χ0) is 5.70. The third-order valence-corrected chi connectivity index (χ3v) is 0.419. The first kappa shape index (κ1) is 11.0. The molecule has 0 spiro atoms. The first-order valence-corrected chi connectivity index (χ1v) is 1.84. The van der Waals surface area contributed by atoms with E-state index in [-0.39, 0.29) is 29.6 Å². The Morgan fingerprint density at radius 3 is 2.38 bits per heavy atom. The molecule has 8 heavy (non-hydrogen) atoms. The molecule has 0 aromatic carbocycles. The molecule has 0 aliphatic carbocycles. The standard InChI is InChI=1S/C4H7NO2.Na.H/c1-2-3-4(6)7-5;;/h2-3H,5H2,1H3;;. The second-order valence-electron chi connectivity index (χ2n) is 0.937. The molecule has 0 atom stereocenters. The van der Waals surface area contributed by atoms with Crippen LogP contribution in [-0.2, 0) is 9.63 Å². The van der Waals surface area contributed by atoms with Crippen LogP contribution in [0.15, 0.2) is 12.2 Å². The molecule has 0 aromatic rings. The number of carbonyl (C=O) groups excluding carboxylic acids is 1. The summed E-state index contributed by atoms with van der Waals surface area (Å²) in [5.74, 6) is 3.93.